The van der Waals surface area contributed by atoms with Crippen molar-refractivity contribution in [1.29, 1.82) is 0 Å². The van der Waals surface area contributed by atoms with Crippen molar-refractivity contribution in [2.45, 2.75) is 12.5 Å². The number of methoxy groups -OCH3 is 1. The Bertz CT molecular complexity index is 313. The number of ether oxygens (including phenoxy) is 1. The van der Waals surface area contributed by atoms with E-state index >= 15 is 0 Å². The Hall–Kier alpha value is -1.40. The van der Waals surface area contributed by atoms with Crippen LogP contribution in [0.5, 0.6) is 0 Å². The number of amides is 1. The monoisotopic (exact) mass is 227 g/mol. The molecular weight excluding hydrogens is 210 g/mol. The highest BCUT2D eigenvalue weighted by Crippen LogP contribution is 1.98. The molecule has 2 N–H and O–H groups in total. The topological polar surface area (TPSA) is 78.5 Å². The van der Waals surface area contributed by atoms with Gasteiger partial charge in [0.1, 0.15) is 0 Å². The molecule has 0 aromatic carbocycles. The van der Waals surface area contributed by atoms with Crippen LogP contribution < -0.4 is 0 Å². The van der Waals surface area contributed by atoms with Crippen molar-refractivity contribution in [2.24, 2.45) is 0 Å². The Kier molecular flexibility index (Phi) is 4.94. The second-order valence-electron chi connectivity index (χ2n) is 3.64. The van der Waals surface area contributed by atoms with E-state index in [1.165, 1.54) is 12.0 Å². The van der Waals surface area contributed by atoms with Gasteiger partial charge in [0.15, 0.2) is 0 Å². The number of hydrogen-bond acceptors (Lipinski definition) is 4. The first kappa shape index (κ1) is 12.7. The molecule has 0 saturated heterocycles. The zero-order chi connectivity index (χ0) is 12.0. The Labute approximate surface area is 94.2 Å². The Morgan fingerprint density at radius 2 is 2.50 bits per heavy atom. The first-order chi connectivity index (χ1) is 7.63. The van der Waals surface area contributed by atoms with Gasteiger partial charge in [0, 0.05) is 32.6 Å². The fourth-order valence-corrected chi connectivity index (χ4v) is 1.34. The standard InChI is InChI=1S/C10H17N3O3/c1-13(6-9(14)7-16-2)10(15)5-8-3-4-11-12-8/h3-4,9,14H,5-7H2,1-2H3,(H,11,12). The van der Waals surface area contributed by atoms with Gasteiger partial charge >= 0.3 is 0 Å². The number of aliphatic hydroxyl groups is 1. The van der Waals surface area contributed by atoms with E-state index in [-0.39, 0.29) is 25.5 Å². The molecule has 6 heteroatoms. The van der Waals surface area contributed by atoms with Gasteiger partial charge in [-0.3, -0.25) is 9.89 Å². The largest absolute Gasteiger partial charge is 0.389 e. The van der Waals surface area contributed by atoms with Gasteiger partial charge in [-0.25, -0.2) is 0 Å². The van der Waals surface area contributed by atoms with Crippen molar-refractivity contribution in [3.63, 3.8) is 0 Å². The van der Waals surface area contributed by atoms with Gasteiger partial charge in [-0.15, -0.1) is 0 Å². The average molecular weight is 227 g/mol. The molecule has 0 fully saturated rings. The zero-order valence-corrected chi connectivity index (χ0v) is 9.51. The third-order valence-corrected chi connectivity index (χ3v) is 2.17. The van der Waals surface area contributed by atoms with Crippen molar-refractivity contribution in [3.8, 4) is 0 Å². The molecule has 1 atom stereocenters. The number of hydrogen-bond donors (Lipinski definition) is 2. The molecule has 1 unspecified atom stereocenters. The predicted molar refractivity (Wildman–Crippen MR) is 57.8 cm³/mol. The summed E-state index contributed by atoms with van der Waals surface area (Å²) < 4.78 is 4.79. The van der Waals surface area contributed by atoms with Crippen LogP contribution in [-0.2, 0) is 16.0 Å². The average Bonchev–Trinajstić information content (AvgIpc) is 2.70. The second kappa shape index (κ2) is 6.24. The molecule has 0 bridgehead atoms. The minimum absolute atomic E-state index is 0.0700. The van der Waals surface area contributed by atoms with E-state index in [0.717, 1.165) is 5.69 Å². The van der Waals surface area contributed by atoms with E-state index in [0.29, 0.717) is 0 Å². The summed E-state index contributed by atoms with van der Waals surface area (Å²) in [5, 5.41) is 15.9. The van der Waals surface area contributed by atoms with Gasteiger partial charge in [0.25, 0.3) is 0 Å². The summed E-state index contributed by atoms with van der Waals surface area (Å²) in [7, 11) is 3.16. The van der Waals surface area contributed by atoms with Crippen molar-refractivity contribution in [3.05, 3.63) is 18.0 Å². The second-order valence-corrected chi connectivity index (χ2v) is 3.64. The van der Waals surface area contributed by atoms with E-state index in [9.17, 15) is 9.90 Å². The van der Waals surface area contributed by atoms with Crippen LogP contribution >= 0.6 is 0 Å². The van der Waals surface area contributed by atoms with Crippen LogP contribution in [-0.4, -0.2) is 59.5 Å². The lowest BCUT2D eigenvalue weighted by atomic mass is 10.2. The smallest absolute Gasteiger partial charge is 0.228 e. The molecule has 0 radical (unpaired) electrons. The van der Waals surface area contributed by atoms with Crippen LogP contribution in [0.1, 0.15) is 5.69 Å². The number of rotatable bonds is 6. The fourth-order valence-electron chi connectivity index (χ4n) is 1.34. The van der Waals surface area contributed by atoms with Gasteiger partial charge in [-0.2, -0.15) is 5.10 Å². The maximum absolute atomic E-state index is 11.7. The number of carbonyl (C=O) groups is 1. The van der Waals surface area contributed by atoms with Crippen molar-refractivity contribution >= 4 is 5.91 Å². The molecule has 0 aliphatic heterocycles. The maximum atomic E-state index is 11.7. The molecule has 0 aliphatic rings. The molecule has 1 aromatic rings. The van der Waals surface area contributed by atoms with Crippen molar-refractivity contribution < 1.29 is 14.6 Å². The van der Waals surface area contributed by atoms with Gasteiger partial charge < -0.3 is 14.7 Å². The fraction of sp³-hybridized carbons (Fsp3) is 0.600. The third-order valence-electron chi connectivity index (χ3n) is 2.17. The summed E-state index contributed by atoms with van der Waals surface area (Å²) in [4.78, 5) is 13.2. The van der Waals surface area contributed by atoms with E-state index in [2.05, 4.69) is 10.2 Å². The molecule has 1 rings (SSSR count). The first-order valence-electron chi connectivity index (χ1n) is 5.02. The lowest BCUT2D eigenvalue weighted by molar-refractivity contribution is -0.130. The molecule has 6 nitrogen and oxygen atoms in total. The van der Waals surface area contributed by atoms with Gasteiger partial charge in [-0.1, -0.05) is 0 Å². The van der Waals surface area contributed by atoms with E-state index in [1.807, 2.05) is 0 Å². The van der Waals surface area contributed by atoms with Crippen molar-refractivity contribution in [2.75, 3.05) is 27.3 Å². The van der Waals surface area contributed by atoms with Crippen LogP contribution in [0.4, 0.5) is 0 Å². The number of H-pyrrole nitrogens is 1. The molecule has 90 valence electrons. The summed E-state index contributed by atoms with van der Waals surface area (Å²) >= 11 is 0. The van der Waals surface area contributed by atoms with Crippen LogP contribution in [0, 0.1) is 0 Å². The van der Waals surface area contributed by atoms with Gasteiger partial charge in [-0.05, 0) is 6.07 Å². The van der Waals surface area contributed by atoms with Crippen molar-refractivity contribution in [1.82, 2.24) is 15.1 Å². The highest BCUT2D eigenvalue weighted by atomic mass is 16.5. The summed E-state index contributed by atoms with van der Waals surface area (Å²) in [6.45, 7) is 0.489. The van der Waals surface area contributed by atoms with Crippen LogP contribution in [0.15, 0.2) is 12.3 Å². The summed E-state index contributed by atoms with van der Waals surface area (Å²) in [6.07, 6.45) is 1.21. The van der Waals surface area contributed by atoms with Crippen LogP contribution in [0.25, 0.3) is 0 Å². The van der Waals surface area contributed by atoms with Crippen LogP contribution in [0.2, 0.25) is 0 Å². The molecule has 1 heterocycles. The lowest BCUT2D eigenvalue weighted by Gasteiger charge is -2.20. The molecule has 1 amide bonds. The minimum atomic E-state index is -0.652. The minimum Gasteiger partial charge on any atom is -0.389 e. The van der Waals surface area contributed by atoms with E-state index < -0.39 is 6.10 Å². The summed E-state index contributed by atoms with van der Waals surface area (Å²) in [5.74, 6) is -0.0700. The SMILES string of the molecule is COCC(O)CN(C)C(=O)Cc1ccn[nH]1. The zero-order valence-electron chi connectivity index (χ0n) is 9.51. The normalized spacial score (nSPS) is 12.4. The molecule has 0 aliphatic carbocycles. The summed E-state index contributed by atoms with van der Waals surface area (Å²) in [5.41, 5.74) is 0.762. The number of carbonyl (C=O) groups excluding carboxylic acids is 1. The number of nitrogens with zero attached hydrogens (tertiary/aromatic N) is 2. The number of aromatic nitrogens is 2. The Morgan fingerprint density at radius 3 is 3.06 bits per heavy atom. The maximum Gasteiger partial charge on any atom is 0.228 e. The Balaban J connectivity index is 2.36. The highest BCUT2D eigenvalue weighted by Gasteiger charge is 2.14. The lowest BCUT2D eigenvalue weighted by Crippen LogP contribution is -2.37. The Morgan fingerprint density at radius 1 is 1.75 bits per heavy atom. The van der Waals surface area contributed by atoms with Gasteiger partial charge in [0.2, 0.25) is 5.91 Å². The number of nitrogens with one attached hydrogen (secondary N) is 1. The predicted octanol–water partition coefficient (Wildman–Crippen LogP) is -0.582. The van der Waals surface area contributed by atoms with E-state index in [1.54, 1.807) is 19.3 Å². The highest BCUT2D eigenvalue weighted by molar-refractivity contribution is 5.78. The molecule has 16 heavy (non-hydrogen) atoms. The summed E-state index contributed by atoms with van der Waals surface area (Å²) in [6, 6.07) is 1.75. The van der Waals surface area contributed by atoms with Gasteiger partial charge in [0.05, 0.1) is 19.1 Å². The van der Waals surface area contributed by atoms with E-state index in [4.69, 9.17) is 4.74 Å². The number of likely N-dealkylation sites (N-methyl/N-ethyl adjacent to an activating group) is 1. The quantitative estimate of drug-likeness (QED) is 0.681. The molecule has 0 saturated carbocycles. The first-order valence-corrected chi connectivity index (χ1v) is 5.02. The number of aliphatic hydroxyl groups excluding tert-OH is 1. The number of aromatic amines is 1. The molecule has 1 aromatic heterocycles. The molecule has 0 spiro atoms. The van der Waals surface area contributed by atoms with Crippen LogP contribution in [0.3, 0.4) is 0 Å². The molecular formula is C10H17N3O3. The third kappa shape index (κ3) is 4.00.